The van der Waals surface area contributed by atoms with Crippen LogP contribution in [0.3, 0.4) is 0 Å². The van der Waals surface area contributed by atoms with Crippen LogP contribution in [-0.2, 0) is 0 Å². The normalized spacial score (nSPS) is 10.1. The largest absolute Gasteiger partial charge is 0.338 e. The van der Waals surface area contributed by atoms with E-state index in [1.165, 1.54) is 41.4 Å². The van der Waals surface area contributed by atoms with E-state index in [2.05, 4.69) is 35.6 Å². The highest BCUT2D eigenvalue weighted by Crippen LogP contribution is 1.92. The Labute approximate surface area is 113 Å². The summed E-state index contributed by atoms with van der Waals surface area (Å²) < 4.78 is 2.75. The minimum atomic E-state index is -0.190. The molecule has 6 nitrogen and oxygen atoms in total. The molecule has 19 heavy (non-hydrogen) atoms. The van der Waals surface area contributed by atoms with Crippen molar-refractivity contribution in [2.45, 2.75) is 20.8 Å². The van der Waals surface area contributed by atoms with Gasteiger partial charge in [-0.25, -0.2) is 14.8 Å². The summed E-state index contributed by atoms with van der Waals surface area (Å²) in [6.07, 6.45) is 9.17. The molecule has 0 unspecified atom stereocenters. The molecule has 0 amide bonds. The van der Waals surface area contributed by atoms with Gasteiger partial charge < -0.3 is 4.90 Å². The van der Waals surface area contributed by atoms with Gasteiger partial charge in [0.25, 0.3) is 0 Å². The van der Waals surface area contributed by atoms with Crippen molar-refractivity contribution >= 4 is 6.03 Å². The molecular weight excluding hydrogens is 242 g/mol. The maximum Gasteiger partial charge on any atom is 0.338 e. The van der Waals surface area contributed by atoms with Gasteiger partial charge in [0.2, 0.25) is 0 Å². The second-order valence-corrected chi connectivity index (χ2v) is 3.84. The van der Waals surface area contributed by atoms with Crippen molar-refractivity contribution in [3.05, 3.63) is 37.4 Å². The molecule has 0 saturated carbocycles. The molecule has 2 aromatic heterocycles. The van der Waals surface area contributed by atoms with Crippen LogP contribution in [0.15, 0.2) is 37.4 Å². The maximum atomic E-state index is 11.4. The zero-order chi connectivity index (χ0) is 14.1. The molecule has 0 N–H and O–H groups in total. The average molecular weight is 263 g/mol. The Morgan fingerprint density at radius 2 is 1.37 bits per heavy atom. The van der Waals surface area contributed by atoms with Gasteiger partial charge in [0, 0.05) is 24.8 Å². The first kappa shape index (κ1) is 15.1. The summed E-state index contributed by atoms with van der Waals surface area (Å²) in [5.74, 6) is 0. The summed E-state index contributed by atoms with van der Waals surface area (Å²) in [6.45, 7) is 10.1. The van der Waals surface area contributed by atoms with E-state index in [1.807, 2.05) is 0 Å². The van der Waals surface area contributed by atoms with Crippen LogP contribution in [0.4, 0.5) is 4.79 Å². The molecule has 0 saturated heterocycles. The standard InChI is InChI=1S/C7H6N4O.C6H15N/c12-7(10-3-1-8-5-10)11-4-2-9-6-11;1-4-7(5-2)6-3/h1-6H;4-6H2,1-3H3. The third kappa shape index (κ3) is 4.67. The van der Waals surface area contributed by atoms with E-state index in [0.717, 1.165) is 0 Å². The number of imidazole rings is 2. The molecule has 0 aliphatic heterocycles. The summed E-state index contributed by atoms with van der Waals surface area (Å²) in [7, 11) is 0. The number of hydrogen-bond acceptors (Lipinski definition) is 4. The molecule has 0 aliphatic carbocycles. The first-order valence-corrected chi connectivity index (χ1v) is 6.45. The van der Waals surface area contributed by atoms with E-state index in [1.54, 1.807) is 24.8 Å². The number of rotatable bonds is 3. The number of carbonyl (C=O) groups excluding carboxylic acids is 1. The van der Waals surface area contributed by atoms with E-state index in [4.69, 9.17) is 0 Å². The lowest BCUT2D eigenvalue weighted by Crippen LogP contribution is -2.21. The Kier molecular flexibility index (Phi) is 6.52. The Bertz CT molecular complexity index is 404. The predicted octanol–water partition coefficient (Wildman–Crippen LogP) is 1.94. The molecule has 6 heteroatoms. The summed E-state index contributed by atoms with van der Waals surface area (Å²) in [6, 6.07) is -0.190. The summed E-state index contributed by atoms with van der Waals surface area (Å²) in [5.41, 5.74) is 0. The van der Waals surface area contributed by atoms with Crippen LogP contribution < -0.4 is 0 Å². The lowest BCUT2D eigenvalue weighted by atomic mass is 10.5. The second kappa shape index (κ2) is 8.20. The number of carbonyl (C=O) groups is 1. The topological polar surface area (TPSA) is 56.0 Å². The van der Waals surface area contributed by atoms with Crippen LogP contribution in [0.5, 0.6) is 0 Å². The average Bonchev–Trinajstić information content (AvgIpc) is 3.14. The highest BCUT2D eigenvalue weighted by molar-refractivity contribution is 5.78. The second-order valence-electron chi connectivity index (χ2n) is 3.84. The fourth-order valence-corrected chi connectivity index (χ4v) is 1.55. The first-order chi connectivity index (χ1) is 9.22. The summed E-state index contributed by atoms with van der Waals surface area (Å²) >= 11 is 0. The van der Waals surface area contributed by atoms with Gasteiger partial charge >= 0.3 is 6.03 Å². The molecule has 0 aromatic carbocycles. The molecule has 0 fully saturated rings. The molecular formula is C13H21N5O. The van der Waals surface area contributed by atoms with Crippen molar-refractivity contribution in [1.29, 1.82) is 0 Å². The first-order valence-electron chi connectivity index (χ1n) is 6.45. The van der Waals surface area contributed by atoms with Gasteiger partial charge in [-0.05, 0) is 19.6 Å². The molecule has 0 atom stereocenters. The van der Waals surface area contributed by atoms with Gasteiger partial charge in [0.05, 0.1) is 0 Å². The van der Waals surface area contributed by atoms with E-state index in [0.29, 0.717) is 0 Å². The Morgan fingerprint density at radius 3 is 1.58 bits per heavy atom. The molecule has 2 aromatic rings. The number of hydrogen-bond donors (Lipinski definition) is 0. The predicted molar refractivity (Wildman–Crippen MR) is 74.1 cm³/mol. The maximum absolute atomic E-state index is 11.4. The van der Waals surface area contributed by atoms with E-state index >= 15 is 0 Å². The van der Waals surface area contributed by atoms with Crippen LogP contribution in [0.1, 0.15) is 20.8 Å². The number of nitrogens with zero attached hydrogens (tertiary/aromatic N) is 5. The summed E-state index contributed by atoms with van der Waals surface area (Å²) in [4.78, 5) is 21.3. The van der Waals surface area contributed by atoms with Crippen molar-refractivity contribution in [3.63, 3.8) is 0 Å². The zero-order valence-corrected chi connectivity index (χ0v) is 11.7. The monoisotopic (exact) mass is 263 g/mol. The zero-order valence-electron chi connectivity index (χ0n) is 11.7. The van der Waals surface area contributed by atoms with Gasteiger partial charge in [-0.2, -0.15) is 0 Å². The minimum Gasteiger partial charge on any atom is -0.304 e. The van der Waals surface area contributed by atoms with Gasteiger partial charge in [0.15, 0.2) is 0 Å². The molecule has 0 bridgehead atoms. The highest BCUT2D eigenvalue weighted by Gasteiger charge is 2.03. The van der Waals surface area contributed by atoms with Crippen molar-refractivity contribution in [2.24, 2.45) is 0 Å². The Hall–Kier alpha value is -1.95. The molecule has 2 heterocycles. The molecule has 0 radical (unpaired) electrons. The lowest BCUT2D eigenvalue weighted by Gasteiger charge is -2.13. The van der Waals surface area contributed by atoms with E-state index < -0.39 is 0 Å². The third-order valence-electron chi connectivity index (χ3n) is 2.79. The lowest BCUT2D eigenvalue weighted by molar-refractivity contribution is 0.244. The van der Waals surface area contributed by atoms with Gasteiger partial charge in [-0.3, -0.25) is 9.13 Å². The van der Waals surface area contributed by atoms with Gasteiger partial charge in [-0.1, -0.05) is 20.8 Å². The van der Waals surface area contributed by atoms with E-state index in [9.17, 15) is 4.79 Å². The smallest absolute Gasteiger partial charge is 0.304 e. The Morgan fingerprint density at radius 1 is 0.947 bits per heavy atom. The minimum absolute atomic E-state index is 0.190. The molecule has 104 valence electrons. The molecule has 0 spiro atoms. The van der Waals surface area contributed by atoms with E-state index in [-0.39, 0.29) is 6.03 Å². The van der Waals surface area contributed by atoms with Crippen LogP contribution in [0.2, 0.25) is 0 Å². The summed E-state index contributed by atoms with van der Waals surface area (Å²) in [5, 5.41) is 0. The number of aromatic nitrogens is 4. The van der Waals surface area contributed by atoms with Crippen LogP contribution in [0.25, 0.3) is 0 Å². The fourth-order valence-electron chi connectivity index (χ4n) is 1.55. The van der Waals surface area contributed by atoms with Crippen molar-refractivity contribution < 1.29 is 4.79 Å². The highest BCUT2D eigenvalue weighted by atomic mass is 16.2. The van der Waals surface area contributed by atoms with Crippen LogP contribution in [-0.4, -0.2) is 49.7 Å². The third-order valence-corrected chi connectivity index (χ3v) is 2.79. The SMILES string of the molecule is CCN(CC)CC.O=C(n1ccnc1)n1ccnc1. The molecule has 0 aliphatic rings. The fraction of sp³-hybridized carbons (Fsp3) is 0.462. The van der Waals surface area contributed by atoms with Crippen LogP contribution >= 0.6 is 0 Å². The quantitative estimate of drug-likeness (QED) is 0.849. The Balaban J connectivity index is 0.000000224. The van der Waals surface area contributed by atoms with Gasteiger partial charge in [0.1, 0.15) is 12.7 Å². The van der Waals surface area contributed by atoms with Crippen LogP contribution in [0, 0.1) is 0 Å². The van der Waals surface area contributed by atoms with Crippen molar-refractivity contribution in [2.75, 3.05) is 19.6 Å². The van der Waals surface area contributed by atoms with Crippen molar-refractivity contribution in [3.8, 4) is 0 Å². The van der Waals surface area contributed by atoms with Crippen molar-refractivity contribution in [1.82, 2.24) is 24.0 Å². The molecule has 2 rings (SSSR count). The van der Waals surface area contributed by atoms with Gasteiger partial charge in [-0.15, -0.1) is 0 Å².